The van der Waals surface area contributed by atoms with Gasteiger partial charge in [-0.15, -0.1) is 0 Å². The van der Waals surface area contributed by atoms with E-state index in [9.17, 15) is 0 Å². The lowest BCUT2D eigenvalue weighted by Gasteiger charge is -2.29. The van der Waals surface area contributed by atoms with Crippen molar-refractivity contribution < 1.29 is 4.74 Å². The number of benzene rings is 1. The van der Waals surface area contributed by atoms with E-state index in [0.717, 1.165) is 22.4 Å². The molecule has 1 aromatic rings. The first-order valence-corrected chi connectivity index (χ1v) is 8.34. The summed E-state index contributed by atoms with van der Waals surface area (Å²) in [5.74, 6) is 0.783. The average Bonchev–Trinajstić information content (AvgIpc) is 2.44. The van der Waals surface area contributed by atoms with E-state index in [1.807, 2.05) is 36.9 Å². The summed E-state index contributed by atoms with van der Waals surface area (Å²) >= 11 is 1.99. The van der Waals surface area contributed by atoms with Gasteiger partial charge in [-0.3, -0.25) is 0 Å². The smallest absolute Gasteiger partial charge is 0.144 e. The topological polar surface area (TPSA) is 47.3 Å². The Hall–Kier alpha value is -1.03. The van der Waals surface area contributed by atoms with Crippen molar-refractivity contribution in [3.63, 3.8) is 0 Å². The van der Waals surface area contributed by atoms with Crippen molar-refractivity contribution in [3.8, 4) is 5.75 Å². The second-order valence-electron chi connectivity index (χ2n) is 5.00. The first kappa shape index (κ1) is 14.4. The van der Waals surface area contributed by atoms with Crippen molar-refractivity contribution in [1.29, 1.82) is 0 Å². The zero-order chi connectivity index (χ0) is 13.7. The molecular formula is C15H24N2OS. The van der Waals surface area contributed by atoms with Crippen LogP contribution in [0.3, 0.4) is 0 Å². The molecule has 106 valence electrons. The third-order valence-electron chi connectivity index (χ3n) is 3.73. The third kappa shape index (κ3) is 3.72. The Morgan fingerprint density at radius 2 is 2.05 bits per heavy atom. The molecule has 0 atom stereocenters. The largest absolute Gasteiger partial charge is 0.492 e. The monoisotopic (exact) mass is 280 g/mol. The molecule has 3 N–H and O–H groups in total. The summed E-state index contributed by atoms with van der Waals surface area (Å²) in [5.41, 5.74) is 7.89. The van der Waals surface area contributed by atoms with Crippen molar-refractivity contribution >= 4 is 23.1 Å². The van der Waals surface area contributed by atoms with Gasteiger partial charge in [-0.2, -0.15) is 11.8 Å². The number of nitrogens with one attached hydrogen (secondary N) is 1. The number of ether oxygens (including phenoxy) is 1. The Labute approximate surface area is 120 Å². The summed E-state index contributed by atoms with van der Waals surface area (Å²) in [7, 11) is 0. The molecule has 0 unspecified atom stereocenters. The number of anilines is 2. The SMILES string of the molecule is CCOc1cccc(NC2CCC(SC)CC2)c1N. The van der Waals surface area contributed by atoms with E-state index in [0.29, 0.717) is 12.6 Å². The minimum absolute atomic E-state index is 0.544. The standard InChI is InChI=1S/C15H24N2OS/c1-3-18-14-6-4-5-13(15(14)16)17-11-7-9-12(19-2)10-8-11/h4-6,11-12,17H,3,7-10,16H2,1-2H3. The Kier molecular flexibility index (Phi) is 5.25. The molecule has 0 bridgehead atoms. The quantitative estimate of drug-likeness (QED) is 0.806. The van der Waals surface area contributed by atoms with E-state index < -0.39 is 0 Å². The van der Waals surface area contributed by atoms with Crippen molar-refractivity contribution in [2.45, 2.75) is 43.9 Å². The zero-order valence-corrected chi connectivity index (χ0v) is 12.6. The molecule has 0 saturated heterocycles. The number of nitrogen functional groups attached to an aromatic ring is 1. The number of hydrogen-bond acceptors (Lipinski definition) is 4. The minimum Gasteiger partial charge on any atom is -0.492 e. The molecule has 1 aliphatic carbocycles. The molecule has 2 rings (SSSR count). The molecule has 0 aromatic heterocycles. The second-order valence-corrected chi connectivity index (χ2v) is 6.14. The van der Waals surface area contributed by atoms with Crippen molar-refractivity contribution in [2.75, 3.05) is 23.9 Å². The molecule has 0 aliphatic heterocycles. The average molecular weight is 280 g/mol. The van der Waals surface area contributed by atoms with Crippen LogP contribution in [0, 0.1) is 0 Å². The Bertz CT molecular complexity index is 403. The normalized spacial score (nSPS) is 23.1. The van der Waals surface area contributed by atoms with E-state index in [1.54, 1.807) is 0 Å². The van der Waals surface area contributed by atoms with Gasteiger partial charge in [-0.05, 0) is 51.0 Å². The summed E-state index contributed by atoms with van der Waals surface area (Å²) in [6.07, 6.45) is 7.25. The van der Waals surface area contributed by atoms with Crippen LogP contribution in [-0.4, -0.2) is 24.2 Å². The molecule has 1 aliphatic rings. The molecular weight excluding hydrogens is 256 g/mol. The fourth-order valence-electron chi connectivity index (χ4n) is 2.61. The Morgan fingerprint density at radius 3 is 2.68 bits per heavy atom. The maximum absolute atomic E-state index is 6.15. The summed E-state index contributed by atoms with van der Waals surface area (Å²) in [6.45, 7) is 2.62. The predicted molar refractivity (Wildman–Crippen MR) is 85.2 cm³/mol. The van der Waals surface area contributed by atoms with Crippen molar-refractivity contribution in [3.05, 3.63) is 18.2 Å². The fraction of sp³-hybridized carbons (Fsp3) is 0.600. The maximum Gasteiger partial charge on any atom is 0.144 e. The van der Waals surface area contributed by atoms with E-state index in [2.05, 4.69) is 11.6 Å². The number of para-hydroxylation sites is 1. The fourth-order valence-corrected chi connectivity index (χ4v) is 3.36. The summed E-state index contributed by atoms with van der Waals surface area (Å²) in [5, 5.41) is 4.42. The molecule has 0 radical (unpaired) electrons. The molecule has 0 spiro atoms. The van der Waals surface area contributed by atoms with Crippen LogP contribution in [0.25, 0.3) is 0 Å². The van der Waals surface area contributed by atoms with Crippen molar-refractivity contribution in [1.82, 2.24) is 0 Å². The third-order valence-corrected chi connectivity index (χ3v) is 4.87. The van der Waals surface area contributed by atoms with Gasteiger partial charge in [0.15, 0.2) is 0 Å². The van der Waals surface area contributed by atoms with Crippen LogP contribution in [0.4, 0.5) is 11.4 Å². The summed E-state index contributed by atoms with van der Waals surface area (Å²) in [6, 6.07) is 6.51. The minimum atomic E-state index is 0.544. The van der Waals surface area contributed by atoms with Gasteiger partial charge >= 0.3 is 0 Å². The highest BCUT2D eigenvalue weighted by Crippen LogP contribution is 2.33. The molecule has 1 saturated carbocycles. The molecule has 0 heterocycles. The summed E-state index contributed by atoms with van der Waals surface area (Å²) in [4.78, 5) is 0. The zero-order valence-electron chi connectivity index (χ0n) is 11.8. The number of nitrogens with two attached hydrogens (primary N) is 1. The van der Waals surface area contributed by atoms with E-state index in [1.165, 1.54) is 25.7 Å². The van der Waals surface area contributed by atoms with E-state index in [-0.39, 0.29) is 0 Å². The van der Waals surface area contributed by atoms with Crippen molar-refractivity contribution in [2.24, 2.45) is 0 Å². The molecule has 19 heavy (non-hydrogen) atoms. The number of thioether (sulfide) groups is 1. The lowest BCUT2D eigenvalue weighted by atomic mass is 9.94. The lowest BCUT2D eigenvalue weighted by Crippen LogP contribution is -2.27. The van der Waals surface area contributed by atoms with Crippen LogP contribution in [0.1, 0.15) is 32.6 Å². The van der Waals surface area contributed by atoms with Crippen LogP contribution in [0.2, 0.25) is 0 Å². The maximum atomic E-state index is 6.15. The molecule has 4 heteroatoms. The molecule has 1 aromatic carbocycles. The van der Waals surface area contributed by atoms with Gasteiger partial charge in [0.2, 0.25) is 0 Å². The van der Waals surface area contributed by atoms with Gasteiger partial charge in [0.1, 0.15) is 5.75 Å². The van der Waals surface area contributed by atoms with Crippen LogP contribution >= 0.6 is 11.8 Å². The first-order chi connectivity index (χ1) is 9.24. The summed E-state index contributed by atoms with van der Waals surface area (Å²) < 4.78 is 5.53. The van der Waals surface area contributed by atoms with Crippen LogP contribution < -0.4 is 15.8 Å². The van der Waals surface area contributed by atoms with Gasteiger partial charge in [0, 0.05) is 11.3 Å². The number of hydrogen-bond donors (Lipinski definition) is 2. The van der Waals surface area contributed by atoms with Gasteiger partial charge in [-0.1, -0.05) is 6.07 Å². The van der Waals surface area contributed by atoms with Crippen LogP contribution in [-0.2, 0) is 0 Å². The van der Waals surface area contributed by atoms with Crippen LogP contribution in [0.5, 0.6) is 5.75 Å². The Morgan fingerprint density at radius 1 is 1.32 bits per heavy atom. The number of rotatable bonds is 5. The molecule has 3 nitrogen and oxygen atoms in total. The van der Waals surface area contributed by atoms with Gasteiger partial charge in [-0.25, -0.2) is 0 Å². The van der Waals surface area contributed by atoms with E-state index >= 15 is 0 Å². The predicted octanol–water partition coefficient (Wildman–Crippen LogP) is 3.75. The van der Waals surface area contributed by atoms with Gasteiger partial charge in [0.25, 0.3) is 0 Å². The van der Waals surface area contributed by atoms with Crippen LogP contribution in [0.15, 0.2) is 18.2 Å². The van der Waals surface area contributed by atoms with Gasteiger partial charge in [0.05, 0.1) is 18.0 Å². The lowest BCUT2D eigenvalue weighted by molar-refractivity contribution is 0.342. The van der Waals surface area contributed by atoms with Gasteiger partial charge < -0.3 is 15.8 Å². The highest BCUT2D eigenvalue weighted by Gasteiger charge is 2.21. The first-order valence-electron chi connectivity index (χ1n) is 7.05. The highest BCUT2D eigenvalue weighted by atomic mass is 32.2. The molecule has 0 amide bonds. The molecule has 1 fully saturated rings. The highest BCUT2D eigenvalue weighted by molar-refractivity contribution is 7.99. The van der Waals surface area contributed by atoms with E-state index in [4.69, 9.17) is 10.5 Å². The Balaban J connectivity index is 1.98. The second kappa shape index (κ2) is 6.94.